The lowest BCUT2D eigenvalue weighted by molar-refractivity contribution is 0.0584. The maximum absolute atomic E-state index is 2.61. The summed E-state index contributed by atoms with van der Waals surface area (Å²) in [5.41, 5.74) is 0.369. The molecule has 14 heavy (non-hydrogen) atoms. The van der Waals surface area contributed by atoms with E-state index >= 15 is 0 Å². The van der Waals surface area contributed by atoms with Gasteiger partial charge in [0.15, 0.2) is 0 Å². The van der Waals surface area contributed by atoms with E-state index < -0.39 is 0 Å². The lowest BCUT2D eigenvalue weighted by Gasteiger charge is -2.43. The molecule has 1 saturated heterocycles. The zero-order valence-corrected chi connectivity index (χ0v) is 11.2. The second-order valence-corrected chi connectivity index (χ2v) is 5.36. The molecule has 0 spiro atoms. The second-order valence-electron chi connectivity index (χ2n) is 5.36. The van der Waals surface area contributed by atoms with Crippen molar-refractivity contribution in [3.05, 3.63) is 0 Å². The van der Waals surface area contributed by atoms with Gasteiger partial charge in [0.25, 0.3) is 0 Å². The summed E-state index contributed by atoms with van der Waals surface area (Å²) in [5, 5.41) is 0. The first kappa shape index (κ1) is 14.0. The first-order valence-corrected chi connectivity index (χ1v) is 6.16. The number of hydrogen-bond acceptors (Lipinski definition) is 1. The molecule has 0 amide bonds. The molecule has 0 aromatic heterocycles. The molecule has 1 fully saturated rings. The largest absolute Gasteiger partial charge is 0.298 e. The van der Waals surface area contributed by atoms with Crippen molar-refractivity contribution in [2.24, 2.45) is 11.8 Å². The predicted octanol–water partition coefficient (Wildman–Crippen LogP) is 3.79. The van der Waals surface area contributed by atoms with Crippen LogP contribution in [0.5, 0.6) is 0 Å². The van der Waals surface area contributed by atoms with Gasteiger partial charge in [-0.3, -0.25) is 4.90 Å². The minimum Gasteiger partial charge on any atom is -0.298 e. The zero-order valence-electron chi connectivity index (χ0n) is 11.2. The quantitative estimate of drug-likeness (QED) is 0.574. The molecule has 0 radical (unpaired) electrons. The fourth-order valence-electron chi connectivity index (χ4n) is 1.87. The molecule has 1 rings (SSSR count). The summed E-state index contributed by atoms with van der Waals surface area (Å²) in [5.74, 6) is 1.79. The Hall–Kier alpha value is -0.0400. The zero-order chi connectivity index (χ0) is 11.4. The van der Waals surface area contributed by atoms with Crippen LogP contribution in [-0.4, -0.2) is 23.5 Å². The molecule has 1 heterocycles. The summed E-state index contributed by atoms with van der Waals surface area (Å²) in [6.07, 6.45) is 1.37. The van der Waals surface area contributed by atoms with Crippen molar-refractivity contribution in [3.63, 3.8) is 0 Å². The fraction of sp³-hybridized carbons (Fsp3) is 1.00. The van der Waals surface area contributed by atoms with Crippen LogP contribution in [0.25, 0.3) is 0 Å². The minimum atomic E-state index is 0.369. The third kappa shape index (κ3) is 4.00. The van der Waals surface area contributed by atoms with Crippen LogP contribution in [0.2, 0.25) is 0 Å². The molecule has 0 aromatic carbocycles. The van der Waals surface area contributed by atoms with E-state index in [-0.39, 0.29) is 0 Å². The maximum atomic E-state index is 2.61. The van der Waals surface area contributed by atoms with E-state index in [9.17, 15) is 0 Å². The van der Waals surface area contributed by atoms with E-state index in [1.165, 1.54) is 19.5 Å². The average Bonchev–Trinajstić information content (AvgIpc) is 2.11. The van der Waals surface area contributed by atoms with Gasteiger partial charge in [0.1, 0.15) is 0 Å². The standard InChI is InChI=1S/C11H23N.C2H6/c1-9-6-7-12(8-10(9)2)11(3,4)5;1-2/h9-10H,6-8H2,1-5H3;1-2H3/t9-,10-;/m0./s1. The lowest BCUT2D eigenvalue weighted by atomic mass is 9.86. The van der Waals surface area contributed by atoms with Gasteiger partial charge < -0.3 is 0 Å². The Morgan fingerprint density at radius 2 is 1.50 bits per heavy atom. The first-order chi connectivity index (χ1) is 6.41. The van der Waals surface area contributed by atoms with Gasteiger partial charge in [-0.2, -0.15) is 0 Å². The van der Waals surface area contributed by atoms with Crippen LogP contribution in [0.1, 0.15) is 54.9 Å². The summed E-state index contributed by atoms with van der Waals surface area (Å²) in [6.45, 7) is 18.3. The van der Waals surface area contributed by atoms with Crippen LogP contribution < -0.4 is 0 Å². The van der Waals surface area contributed by atoms with E-state index in [1.54, 1.807) is 0 Å². The minimum absolute atomic E-state index is 0.369. The monoisotopic (exact) mass is 199 g/mol. The van der Waals surface area contributed by atoms with E-state index in [0.717, 1.165) is 11.8 Å². The van der Waals surface area contributed by atoms with E-state index in [2.05, 4.69) is 39.5 Å². The normalized spacial score (nSPS) is 29.4. The van der Waals surface area contributed by atoms with Gasteiger partial charge in [0.2, 0.25) is 0 Å². The molecular weight excluding hydrogens is 170 g/mol. The molecule has 1 nitrogen and oxygen atoms in total. The highest BCUT2D eigenvalue weighted by Gasteiger charge is 2.29. The van der Waals surface area contributed by atoms with Gasteiger partial charge in [-0.25, -0.2) is 0 Å². The molecule has 1 heteroatoms. The Morgan fingerprint density at radius 3 is 1.86 bits per heavy atom. The van der Waals surface area contributed by atoms with E-state index in [0.29, 0.717) is 5.54 Å². The summed E-state index contributed by atoms with van der Waals surface area (Å²) < 4.78 is 0. The van der Waals surface area contributed by atoms with Gasteiger partial charge in [0.05, 0.1) is 0 Å². The number of nitrogens with zero attached hydrogens (tertiary/aromatic N) is 1. The highest BCUT2D eigenvalue weighted by molar-refractivity contribution is 4.83. The average molecular weight is 199 g/mol. The van der Waals surface area contributed by atoms with Crippen LogP contribution in [-0.2, 0) is 0 Å². The van der Waals surface area contributed by atoms with Crippen molar-refractivity contribution >= 4 is 0 Å². The van der Waals surface area contributed by atoms with Crippen LogP contribution in [0.3, 0.4) is 0 Å². The predicted molar refractivity (Wildman–Crippen MR) is 65.6 cm³/mol. The molecule has 0 aromatic rings. The van der Waals surface area contributed by atoms with E-state index in [1.807, 2.05) is 13.8 Å². The highest BCUT2D eigenvalue weighted by Crippen LogP contribution is 2.27. The molecular formula is C13H29N. The van der Waals surface area contributed by atoms with Gasteiger partial charge in [0, 0.05) is 12.1 Å². The van der Waals surface area contributed by atoms with Crippen LogP contribution in [0.15, 0.2) is 0 Å². The Bertz CT molecular complexity index is 146. The molecule has 0 saturated carbocycles. The summed E-state index contributed by atoms with van der Waals surface area (Å²) in [7, 11) is 0. The molecule has 1 aliphatic rings. The lowest BCUT2D eigenvalue weighted by Crippen LogP contribution is -2.48. The molecule has 2 atom stereocenters. The molecule has 0 bridgehead atoms. The molecule has 0 unspecified atom stereocenters. The van der Waals surface area contributed by atoms with Crippen molar-refractivity contribution in [3.8, 4) is 0 Å². The third-order valence-corrected chi connectivity index (χ3v) is 3.28. The highest BCUT2D eigenvalue weighted by atomic mass is 15.2. The van der Waals surface area contributed by atoms with Crippen LogP contribution in [0.4, 0.5) is 0 Å². The Morgan fingerprint density at radius 1 is 1.00 bits per heavy atom. The van der Waals surface area contributed by atoms with Crippen LogP contribution >= 0.6 is 0 Å². The topological polar surface area (TPSA) is 3.24 Å². The number of piperidine rings is 1. The Labute approximate surface area is 90.9 Å². The molecule has 1 aliphatic heterocycles. The Kier molecular flexibility index (Phi) is 5.73. The van der Waals surface area contributed by atoms with Crippen LogP contribution in [0, 0.1) is 11.8 Å². The van der Waals surface area contributed by atoms with E-state index in [4.69, 9.17) is 0 Å². The van der Waals surface area contributed by atoms with Crippen molar-refractivity contribution in [2.75, 3.05) is 13.1 Å². The molecule has 86 valence electrons. The molecule has 0 aliphatic carbocycles. The SMILES string of the molecule is CC.C[C@H]1CCN(C(C)(C)C)C[C@@H]1C. The number of hydrogen-bond donors (Lipinski definition) is 0. The summed E-state index contributed by atoms with van der Waals surface area (Å²) in [4.78, 5) is 2.61. The summed E-state index contributed by atoms with van der Waals surface area (Å²) >= 11 is 0. The Balaban J connectivity index is 0.000000791. The number of likely N-dealkylation sites (tertiary alicyclic amines) is 1. The smallest absolute Gasteiger partial charge is 0.0125 e. The molecule has 0 N–H and O–H groups in total. The van der Waals surface area contributed by atoms with Crippen molar-refractivity contribution in [1.82, 2.24) is 4.90 Å². The number of rotatable bonds is 0. The maximum Gasteiger partial charge on any atom is 0.0125 e. The van der Waals surface area contributed by atoms with Gasteiger partial charge in [-0.1, -0.05) is 27.7 Å². The van der Waals surface area contributed by atoms with Crippen molar-refractivity contribution < 1.29 is 0 Å². The second kappa shape index (κ2) is 5.75. The first-order valence-electron chi connectivity index (χ1n) is 6.16. The third-order valence-electron chi connectivity index (χ3n) is 3.28. The fourth-order valence-corrected chi connectivity index (χ4v) is 1.87. The van der Waals surface area contributed by atoms with Gasteiger partial charge in [-0.15, -0.1) is 0 Å². The van der Waals surface area contributed by atoms with Gasteiger partial charge in [-0.05, 0) is 45.6 Å². The van der Waals surface area contributed by atoms with Crippen molar-refractivity contribution in [1.29, 1.82) is 0 Å². The van der Waals surface area contributed by atoms with Crippen molar-refractivity contribution in [2.45, 2.75) is 60.4 Å². The van der Waals surface area contributed by atoms with Gasteiger partial charge >= 0.3 is 0 Å². The summed E-state index contributed by atoms with van der Waals surface area (Å²) in [6, 6.07) is 0.